The molecule has 1 N–H and O–H groups in total. The number of likely N-dealkylation sites (tertiary alicyclic amines) is 2. The van der Waals surface area contributed by atoms with E-state index in [1.807, 2.05) is 23.1 Å². The smallest absolute Gasteiger partial charge is 0.253 e. The molecule has 1 saturated carbocycles. The number of aromatic amines is 1. The Hall–Kier alpha value is -2.80. The zero-order valence-corrected chi connectivity index (χ0v) is 20.8. The van der Waals surface area contributed by atoms with Gasteiger partial charge in [-0.15, -0.1) is 0 Å². The molecular weight excluding hydrogens is 438 g/mol. The molecule has 1 amide bonds. The van der Waals surface area contributed by atoms with Crippen molar-refractivity contribution in [3.8, 4) is 0 Å². The molecule has 0 spiro atoms. The van der Waals surface area contributed by atoms with Gasteiger partial charge in [-0.05, 0) is 112 Å². The Balaban J connectivity index is 0.000000166. The summed E-state index contributed by atoms with van der Waals surface area (Å²) in [6.07, 6.45) is 14.9. The van der Waals surface area contributed by atoms with Gasteiger partial charge < -0.3 is 14.6 Å². The van der Waals surface area contributed by atoms with Crippen LogP contribution in [-0.4, -0.2) is 70.6 Å². The normalized spacial score (nSPS) is 24.7. The first-order valence-electron chi connectivity index (χ1n) is 13.2. The minimum Gasteiger partial charge on any atom is -0.338 e. The Morgan fingerprint density at radius 1 is 1.03 bits per heavy atom. The number of benzene rings is 1. The fourth-order valence-electron chi connectivity index (χ4n) is 5.83. The number of nitrogens with one attached hydrogen (secondary N) is 1. The number of aromatic nitrogens is 3. The van der Waals surface area contributed by atoms with Crippen LogP contribution in [0, 0.1) is 17.8 Å². The molecule has 35 heavy (non-hydrogen) atoms. The van der Waals surface area contributed by atoms with Gasteiger partial charge in [0.15, 0.2) is 0 Å². The average molecular weight is 476 g/mol. The van der Waals surface area contributed by atoms with Crippen LogP contribution in [0.5, 0.6) is 0 Å². The van der Waals surface area contributed by atoms with Gasteiger partial charge in [0.2, 0.25) is 0 Å². The highest BCUT2D eigenvalue weighted by Gasteiger charge is 2.36. The molecule has 1 aromatic heterocycles. The van der Waals surface area contributed by atoms with Gasteiger partial charge in [-0.2, -0.15) is 15.4 Å². The van der Waals surface area contributed by atoms with Crippen LogP contribution in [0.4, 0.5) is 0 Å². The Morgan fingerprint density at radius 3 is 2.46 bits per heavy atom. The number of fused-ring (bicyclic) bond motifs is 2. The number of aldehydes is 1. The van der Waals surface area contributed by atoms with Gasteiger partial charge >= 0.3 is 0 Å². The maximum absolute atomic E-state index is 12.8. The van der Waals surface area contributed by atoms with Crippen molar-refractivity contribution in [1.82, 2.24) is 25.2 Å². The van der Waals surface area contributed by atoms with Crippen LogP contribution in [0.25, 0.3) is 11.0 Å². The summed E-state index contributed by atoms with van der Waals surface area (Å²) in [6.45, 7) is 4.09. The molecular formula is C28H37N5O2. The summed E-state index contributed by atoms with van der Waals surface area (Å²) in [5.41, 5.74) is 5.29. The Bertz CT molecular complexity index is 1100. The zero-order valence-electron chi connectivity index (χ0n) is 20.8. The third-order valence-corrected chi connectivity index (χ3v) is 8.03. The first kappa shape index (κ1) is 23.9. The minimum absolute atomic E-state index is 0.131. The van der Waals surface area contributed by atoms with Crippen molar-refractivity contribution in [2.75, 3.05) is 33.2 Å². The highest BCUT2D eigenvalue weighted by Crippen LogP contribution is 2.42. The van der Waals surface area contributed by atoms with Crippen LogP contribution < -0.4 is 0 Å². The van der Waals surface area contributed by atoms with E-state index in [-0.39, 0.29) is 5.91 Å². The van der Waals surface area contributed by atoms with E-state index >= 15 is 0 Å². The monoisotopic (exact) mass is 475 g/mol. The van der Waals surface area contributed by atoms with Gasteiger partial charge in [-0.3, -0.25) is 4.79 Å². The van der Waals surface area contributed by atoms with E-state index in [9.17, 15) is 9.59 Å². The van der Waals surface area contributed by atoms with E-state index in [4.69, 9.17) is 0 Å². The van der Waals surface area contributed by atoms with Crippen molar-refractivity contribution >= 4 is 23.2 Å². The van der Waals surface area contributed by atoms with Gasteiger partial charge in [-0.1, -0.05) is 12.2 Å². The maximum Gasteiger partial charge on any atom is 0.253 e. The summed E-state index contributed by atoms with van der Waals surface area (Å²) in [5, 5.41) is 10.7. The van der Waals surface area contributed by atoms with Crippen LogP contribution >= 0.6 is 0 Å². The molecule has 7 nitrogen and oxygen atoms in total. The molecule has 186 valence electrons. The average Bonchev–Trinajstić information content (AvgIpc) is 3.53. The van der Waals surface area contributed by atoms with Crippen LogP contribution in [0.2, 0.25) is 0 Å². The molecule has 2 saturated heterocycles. The van der Waals surface area contributed by atoms with Gasteiger partial charge in [0.05, 0.1) is 0 Å². The first-order valence-corrected chi connectivity index (χ1v) is 13.2. The van der Waals surface area contributed by atoms with Gasteiger partial charge in [0.25, 0.3) is 5.91 Å². The number of hydrogen-bond acceptors (Lipinski definition) is 5. The predicted molar refractivity (Wildman–Crippen MR) is 137 cm³/mol. The molecule has 2 aliphatic carbocycles. The predicted octanol–water partition coefficient (Wildman–Crippen LogP) is 4.39. The lowest BCUT2D eigenvalue weighted by molar-refractivity contribution is -0.107. The standard InChI is InChI=1S/C16H21N5O.C12H16O/c1-20-6-4-12-9-21(10-13(12)5-7-20)16(22)11-2-3-14-15(8-11)18-19-17-14;13-9-3-5-10-4-1-2-6-12(10)11-7-8-11/h2-3,8,12-13H,4-7,9-10H2,1H3,(H,17,18,19);4,6,9,11H,1-3,5,7-8H2. The number of carbonyl (C=O) groups excluding carboxylic acids is 2. The van der Waals surface area contributed by atoms with Crippen molar-refractivity contribution in [1.29, 1.82) is 0 Å². The second-order valence-corrected chi connectivity index (χ2v) is 10.6. The summed E-state index contributed by atoms with van der Waals surface area (Å²) < 4.78 is 0. The van der Waals surface area contributed by atoms with Crippen molar-refractivity contribution < 1.29 is 9.59 Å². The molecule has 2 atom stereocenters. The van der Waals surface area contributed by atoms with Crippen LogP contribution in [0.3, 0.4) is 0 Å². The number of allylic oxidation sites excluding steroid dienone is 4. The molecule has 6 rings (SSSR count). The van der Waals surface area contributed by atoms with E-state index in [1.165, 1.54) is 44.1 Å². The minimum atomic E-state index is 0.131. The molecule has 2 aliphatic heterocycles. The third kappa shape index (κ3) is 5.72. The first-order chi connectivity index (χ1) is 17.1. The van der Waals surface area contributed by atoms with Gasteiger partial charge in [0, 0.05) is 25.1 Å². The summed E-state index contributed by atoms with van der Waals surface area (Å²) in [6, 6.07) is 5.55. The molecule has 7 heteroatoms. The lowest BCUT2D eigenvalue weighted by atomic mass is 9.91. The SMILES string of the molecule is CN1CCC2CN(C(=O)c3ccc4n[nH]nc4c3)CC2CC1.O=CCCC1=CCCC=C1C1CC1. The lowest BCUT2D eigenvalue weighted by Crippen LogP contribution is -2.30. The number of carbonyl (C=O) groups is 2. The van der Waals surface area contributed by atoms with Crippen LogP contribution in [-0.2, 0) is 4.79 Å². The largest absolute Gasteiger partial charge is 0.338 e. The number of nitrogens with zero attached hydrogens (tertiary/aromatic N) is 4. The van der Waals surface area contributed by atoms with E-state index in [1.54, 1.807) is 5.57 Å². The van der Waals surface area contributed by atoms with Crippen molar-refractivity contribution in [3.63, 3.8) is 0 Å². The number of H-pyrrole nitrogens is 1. The Labute approximate surface area is 207 Å². The fraction of sp³-hybridized carbons (Fsp3) is 0.571. The second kappa shape index (κ2) is 10.9. The summed E-state index contributed by atoms with van der Waals surface area (Å²) in [4.78, 5) is 27.5. The molecule has 1 aromatic carbocycles. The van der Waals surface area contributed by atoms with E-state index in [0.717, 1.165) is 61.4 Å². The van der Waals surface area contributed by atoms with Crippen LogP contribution in [0.15, 0.2) is 41.5 Å². The van der Waals surface area contributed by atoms with E-state index in [2.05, 4.69) is 39.5 Å². The van der Waals surface area contributed by atoms with Crippen molar-refractivity contribution in [2.45, 2.75) is 51.4 Å². The molecule has 0 radical (unpaired) electrons. The Kier molecular flexibility index (Phi) is 7.42. The molecule has 2 aromatic rings. The number of hydrogen-bond donors (Lipinski definition) is 1. The molecule has 3 fully saturated rings. The van der Waals surface area contributed by atoms with E-state index in [0.29, 0.717) is 18.3 Å². The highest BCUT2D eigenvalue weighted by molar-refractivity contribution is 5.97. The molecule has 4 aliphatic rings. The second-order valence-electron chi connectivity index (χ2n) is 10.6. The quantitative estimate of drug-likeness (QED) is 0.649. The zero-order chi connectivity index (χ0) is 24.2. The topological polar surface area (TPSA) is 82.2 Å². The van der Waals surface area contributed by atoms with Gasteiger partial charge in [-0.25, -0.2) is 0 Å². The highest BCUT2D eigenvalue weighted by atomic mass is 16.2. The molecule has 3 heterocycles. The number of amides is 1. The molecule has 2 unspecified atom stereocenters. The van der Waals surface area contributed by atoms with Crippen molar-refractivity contribution in [2.24, 2.45) is 17.8 Å². The van der Waals surface area contributed by atoms with Gasteiger partial charge in [0.1, 0.15) is 17.3 Å². The lowest BCUT2D eigenvalue weighted by Gasteiger charge is -2.18. The fourth-order valence-corrected chi connectivity index (χ4v) is 5.83. The van der Waals surface area contributed by atoms with Crippen molar-refractivity contribution in [3.05, 3.63) is 47.1 Å². The maximum atomic E-state index is 12.8. The number of rotatable bonds is 5. The summed E-state index contributed by atoms with van der Waals surface area (Å²) in [7, 11) is 2.19. The molecule has 0 bridgehead atoms. The Morgan fingerprint density at radius 2 is 1.74 bits per heavy atom. The van der Waals surface area contributed by atoms with E-state index < -0.39 is 0 Å². The summed E-state index contributed by atoms with van der Waals surface area (Å²) >= 11 is 0. The third-order valence-electron chi connectivity index (χ3n) is 8.03. The summed E-state index contributed by atoms with van der Waals surface area (Å²) in [5.74, 6) is 2.29. The van der Waals surface area contributed by atoms with Crippen LogP contribution in [0.1, 0.15) is 61.7 Å².